The second-order valence-corrected chi connectivity index (χ2v) is 5.95. The predicted octanol–water partition coefficient (Wildman–Crippen LogP) is 3.66. The average molecular weight is 230 g/mol. The van der Waals surface area contributed by atoms with Gasteiger partial charge in [-0.15, -0.1) is 0 Å². The molecule has 0 amide bonds. The summed E-state index contributed by atoms with van der Waals surface area (Å²) in [5.41, 5.74) is 1.96. The summed E-state index contributed by atoms with van der Waals surface area (Å²) in [6.07, 6.45) is 8.95. The molecular formula is C16H22O. The van der Waals surface area contributed by atoms with Gasteiger partial charge in [0.15, 0.2) is 0 Å². The largest absolute Gasteiger partial charge is 0.396 e. The fourth-order valence-electron chi connectivity index (χ4n) is 4.25. The minimum atomic E-state index is 0.199. The Hall–Kier alpha value is -0.820. The highest BCUT2D eigenvalue weighted by Gasteiger charge is 2.55. The van der Waals surface area contributed by atoms with Crippen LogP contribution in [0.2, 0.25) is 0 Å². The van der Waals surface area contributed by atoms with Crippen molar-refractivity contribution < 1.29 is 5.11 Å². The first-order valence-electron chi connectivity index (χ1n) is 6.99. The van der Waals surface area contributed by atoms with Crippen LogP contribution in [0.3, 0.4) is 0 Å². The second kappa shape index (κ2) is 4.13. The van der Waals surface area contributed by atoms with Gasteiger partial charge in [0.05, 0.1) is 0 Å². The maximum absolute atomic E-state index is 9.92. The molecule has 1 N–H and O–H groups in total. The van der Waals surface area contributed by atoms with E-state index in [-0.39, 0.29) is 10.8 Å². The van der Waals surface area contributed by atoms with Crippen LogP contribution in [0.4, 0.5) is 0 Å². The topological polar surface area (TPSA) is 20.2 Å². The first-order valence-corrected chi connectivity index (χ1v) is 6.99. The molecule has 2 aliphatic rings. The van der Waals surface area contributed by atoms with E-state index in [0.29, 0.717) is 6.61 Å². The van der Waals surface area contributed by atoms with E-state index < -0.39 is 0 Å². The highest BCUT2D eigenvalue weighted by atomic mass is 16.3. The summed E-state index contributed by atoms with van der Waals surface area (Å²) in [7, 11) is 0. The summed E-state index contributed by atoms with van der Waals surface area (Å²) >= 11 is 0. The lowest BCUT2D eigenvalue weighted by atomic mass is 9.50. The van der Waals surface area contributed by atoms with E-state index in [1.165, 1.54) is 50.5 Å². The van der Waals surface area contributed by atoms with Crippen LogP contribution >= 0.6 is 0 Å². The molecule has 17 heavy (non-hydrogen) atoms. The van der Waals surface area contributed by atoms with Gasteiger partial charge in [-0.2, -0.15) is 0 Å². The lowest BCUT2D eigenvalue weighted by Gasteiger charge is -2.54. The summed E-state index contributed by atoms with van der Waals surface area (Å²) in [5, 5.41) is 9.92. The molecule has 0 atom stereocenters. The van der Waals surface area contributed by atoms with E-state index in [4.69, 9.17) is 0 Å². The molecule has 2 fully saturated rings. The first-order chi connectivity index (χ1) is 8.33. The van der Waals surface area contributed by atoms with Crippen LogP contribution in [0, 0.1) is 5.41 Å². The third-order valence-electron chi connectivity index (χ3n) is 5.41. The molecule has 1 nitrogen and oxygen atoms in total. The van der Waals surface area contributed by atoms with Gasteiger partial charge in [0.2, 0.25) is 0 Å². The van der Waals surface area contributed by atoms with E-state index in [1.807, 2.05) is 0 Å². The quantitative estimate of drug-likeness (QED) is 0.840. The van der Waals surface area contributed by atoms with Crippen LogP contribution in [0.25, 0.3) is 0 Å². The van der Waals surface area contributed by atoms with Gasteiger partial charge in [0, 0.05) is 17.4 Å². The van der Waals surface area contributed by atoms with E-state index in [2.05, 4.69) is 30.3 Å². The van der Waals surface area contributed by atoms with Gasteiger partial charge in [-0.1, -0.05) is 49.6 Å². The summed E-state index contributed by atoms with van der Waals surface area (Å²) in [5.74, 6) is 0. The average Bonchev–Trinajstić information content (AvgIpc) is 2.80. The standard InChI is InChI=1S/C16H22O/c17-13-15(9-6-10-15)16(11-4-5-12-16)14-7-2-1-3-8-14/h1-3,7-8,17H,4-6,9-13H2. The third-order valence-corrected chi connectivity index (χ3v) is 5.41. The Balaban J connectivity index is 2.04. The zero-order chi connectivity index (χ0) is 11.8. The van der Waals surface area contributed by atoms with Crippen molar-refractivity contribution >= 4 is 0 Å². The molecule has 2 aliphatic carbocycles. The Kier molecular flexibility index (Phi) is 2.74. The fraction of sp³-hybridized carbons (Fsp3) is 0.625. The number of hydrogen-bond acceptors (Lipinski definition) is 1. The van der Waals surface area contributed by atoms with E-state index in [1.54, 1.807) is 0 Å². The summed E-state index contributed by atoms with van der Waals surface area (Å²) in [6, 6.07) is 11.0. The Morgan fingerprint density at radius 2 is 1.53 bits per heavy atom. The number of hydrogen-bond donors (Lipinski definition) is 1. The number of aliphatic hydroxyl groups is 1. The Labute approximate surface area is 104 Å². The molecule has 0 heterocycles. The SMILES string of the molecule is OCC1(C2(c3ccccc3)CCCC2)CCC1. The molecule has 0 spiro atoms. The molecular weight excluding hydrogens is 208 g/mol. The molecule has 3 rings (SSSR count). The van der Waals surface area contributed by atoms with Crippen molar-refractivity contribution in [1.82, 2.24) is 0 Å². The van der Waals surface area contributed by atoms with Crippen molar-refractivity contribution in [3.63, 3.8) is 0 Å². The summed E-state index contributed by atoms with van der Waals surface area (Å²) in [6.45, 7) is 0.377. The normalized spacial score (nSPS) is 25.5. The monoisotopic (exact) mass is 230 g/mol. The zero-order valence-corrected chi connectivity index (χ0v) is 10.5. The van der Waals surface area contributed by atoms with Crippen LogP contribution in [0.1, 0.15) is 50.5 Å². The Morgan fingerprint density at radius 3 is 2.00 bits per heavy atom. The fourth-order valence-corrected chi connectivity index (χ4v) is 4.25. The highest BCUT2D eigenvalue weighted by molar-refractivity contribution is 5.31. The van der Waals surface area contributed by atoms with E-state index in [0.717, 1.165) is 0 Å². The van der Waals surface area contributed by atoms with Crippen molar-refractivity contribution in [3.05, 3.63) is 35.9 Å². The lowest BCUT2D eigenvalue weighted by molar-refractivity contribution is -0.0345. The molecule has 0 bridgehead atoms. The lowest BCUT2D eigenvalue weighted by Crippen LogP contribution is -2.51. The molecule has 1 aromatic carbocycles. The molecule has 92 valence electrons. The molecule has 2 saturated carbocycles. The number of benzene rings is 1. The van der Waals surface area contributed by atoms with Gasteiger partial charge in [-0.3, -0.25) is 0 Å². The van der Waals surface area contributed by atoms with Crippen molar-refractivity contribution in [2.24, 2.45) is 5.41 Å². The number of rotatable bonds is 3. The molecule has 0 saturated heterocycles. The molecule has 0 radical (unpaired) electrons. The van der Waals surface area contributed by atoms with Gasteiger partial charge in [-0.25, -0.2) is 0 Å². The Morgan fingerprint density at radius 1 is 0.882 bits per heavy atom. The smallest absolute Gasteiger partial charge is 0.0495 e. The van der Waals surface area contributed by atoms with Crippen molar-refractivity contribution in [2.75, 3.05) is 6.61 Å². The second-order valence-electron chi connectivity index (χ2n) is 5.95. The minimum Gasteiger partial charge on any atom is -0.396 e. The highest BCUT2D eigenvalue weighted by Crippen LogP contribution is 2.61. The first kappa shape index (κ1) is 11.3. The van der Waals surface area contributed by atoms with Crippen LogP contribution < -0.4 is 0 Å². The van der Waals surface area contributed by atoms with Gasteiger partial charge >= 0.3 is 0 Å². The molecule has 1 aromatic rings. The van der Waals surface area contributed by atoms with E-state index >= 15 is 0 Å². The minimum absolute atomic E-state index is 0.199. The predicted molar refractivity (Wildman–Crippen MR) is 70.0 cm³/mol. The molecule has 1 heteroatoms. The van der Waals surface area contributed by atoms with Crippen molar-refractivity contribution in [3.8, 4) is 0 Å². The maximum atomic E-state index is 9.92. The zero-order valence-electron chi connectivity index (χ0n) is 10.5. The van der Waals surface area contributed by atoms with Crippen molar-refractivity contribution in [2.45, 2.75) is 50.4 Å². The van der Waals surface area contributed by atoms with E-state index in [9.17, 15) is 5.11 Å². The van der Waals surface area contributed by atoms with Gasteiger partial charge in [0.1, 0.15) is 0 Å². The molecule has 0 aliphatic heterocycles. The maximum Gasteiger partial charge on any atom is 0.0495 e. The number of aliphatic hydroxyl groups excluding tert-OH is 1. The van der Waals surface area contributed by atoms with Gasteiger partial charge < -0.3 is 5.11 Å². The Bertz CT molecular complexity index is 366. The molecule has 0 aromatic heterocycles. The summed E-state index contributed by atoms with van der Waals surface area (Å²) < 4.78 is 0. The third kappa shape index (κ3) is 1.48. The van der Waals surface area contributed by atoms with Crippen LogP contribution in [0.15, 0.2) is 30.3 Å². The summed E-state index contributed by atoms with van der Waals surface area (Å²) in [4.78, 5) is 0. The van der Waals surface area contributed by atoms with Crippen LogP contribution in [-0.4, -0.2) is 11.7 Å². The molecule has 0 unspecified atom stereocenters. The van der Waals surface area contributed by atoms with Gasteiger partial charge in [0.25, 0.3) is 0 Å². The van der Waals surface area contributed by atoms with Gasteiger partial charge in [-0.05, 0) is 31.2 Å². The van der Waals surface area contributed by atoms with Crippen LogP contribution in [0.5, 0.6) is 0 Å². The van der Waals surface area contributed by atoms with Crippen LogP contribution in [-0.2, 0) is 5.41 Å². The van der Waals surface area contributed by atoms with Crippen molar-refractivity contribution in [1.29, 1.82) is 0 Å².